The monoisotopic (exact) mass is 364 g/mol. The van der Waals surface area contributed by atoms with Crippen LogP contribution in [0.4, 0.5) is 0 Å². The van der Waals surface area contributed by atoms with E-state index in [1.165, 1.54) is 4.57 Å². The topological polar surface area (TPSA) is 107 Å². The molecule has 27 heavy (non-hydrogen) atoms. The summed E-state index contributed by atoms with van der Waals surface area (Å²) in [4.78, 5) is 41.0. The molecule has 3 N–H and O–H groups in total. The third-order valence-electron chi connectivity index (χ3n) is 4.28. The van der Waals surface area contributed by atoms with Crippen LogP contribution >= 0.6 is 0 Å². The third kappa shape index (κ3) is 4.20. The summed E-state index contributed by atoms with van der Waals surface area (Å²) in [7, 11) is 0. The van der Waals surface area contributed by atoms with Gasteiger partial charge in [0, 0.05) is 6.42 Å². The number of para-hydroxylation sites is 2. The number of fused-ring (bicyclic) bond motifs is 1. The van der Waals surface area contributed by atoms with Crippen molar-refractivity contribution in [2.24, 2.45) is 5.73 Å². The maximum Gasteiger partial charge on any atom is 0.272 e. The summed E-state index contributed by atoms with van der Waals surface area (Å²) in [6, 6.07) is 15.5. The van der Waals surface area contributed by atoms with Gasteiger partial charge in [0.15, 0.2) is 0 Å². The van der Waals surface area contributed by atoms with E-state index in [1.807, 2.05) is 36.4 Å². The number of aryl methyl sites for hydroxylation is 1. The molecule has 1 atom stereocenters. The number of nitrogens with two attached hydrogens (primary N) is 1. The molecule has 2 amide bonds. The summed E-state index contributed by atoms with van der Waals surface area (Å²) in [5.74, 6) is -1.09. The van der Waals surface area contributed by atoms with Crippen LogP contribution in [0.1, 0.15) is 11.3 Å². The first-order valence-electron chi connectivity index (χ1n) is 8.54. The normalized spacial score (nSPS) is 11.9. The second-order valence-corrected chi connectivity index (χ2v) is 6.29. The number of amides is 2. The van der Waals surface area contributed by atoms with Gasteiger partial charge >= 0.3 is 0 Å². The summed E-state index contributed by atoms with van der Waals surface area (Å²) in [5, 5.41) is 2.63. The molecule has 1 aromatic heterocycles. The zero-order chi connectivity index (χ0) is 19.4. The van der Waals surface area contributed by atoms with Gasteiger partial charge in [-0.1, -0.05) is 42.5 Å². The summed E-state index contributed by atoms with van der Waals surface area (Å²) in [6.07, 6.45) is 0.285. The molecule has 0 spiro atoms. The highest BCUT2D eigenvalue weighted by molar-refractivity contribution is 5.87. The molecule has 7 heteroatoms. The SMILES string of the molecule is Cc1nc2ccccc2n(CC(=O)N[C@H](Cc2ccccc2)C(N)=O)c1=O. The first kappa shape index (κ1) is 18.3. The number of aromatic nitrogens is 2. The molecule has 0 unspecified atom stereocenters. The number of hydrogen-bond donors (Lipinski definition) is 2. The highest BCUT2D eigenvalue weighted by atomic mass is 16.2. The molecule has 0 aliphatic heterocycles. The number of nitrogens with one attached hydrogen (secondary N) is 1. The second-order valence-electron chi connectivity index (χ2n) is 6.29. The van der Waals surface area contributed by atoms with Crippen LogP contribution in [-0.4, -0.2) is 27.4 Å². The number of carbonyl (C=O) groups excluding carboxylic acids is 2. The van der Waals surface area contributed by atoms with Crippen molar-refractivity contribution < 1.29 is 9.59 Å². The van der Waals surface area contributed by atoms with E-state index in [0.29, 0.717) is 16.7 Å². The fourth-order valence-electron chi connectivity index (χ4n) is 2.93. The van der Waals surface area contributed by atoms with Gasteiger partial charge in [-0.2, -0.15) is 0 Å². The minimum atomic E-state index is -0.857. The number of rotatable bonds is 6. The molecule has 7 nitrogen and oxygen atoms in total. The minimum absolute atomic E-state index is 0.221. The van der Waals surface area contributed by atoms with Crippen molar-refractivity contribution in [1.29, 1.82) is 0 Å². The number of nitrogens with zero attached hydrogens (tertiary/aromatic N) is 2. The van der Waals surface area contributed by atoms with Crippen molar-refractivity contribution in [2.45, 2.75) is 25.9 Å². The molecule has 0 fully saturated rings. The molecule has 138 valence electrons. The number of benzene rings is 2. The Balaban J connectivity index is 1.82. The maximum atomic E-state index is 12.5. The lowest BCUT2D eigenvalue weighted by Crippen LogP contribution is -2.47. The van der Waals surface area contributed by atoms with Crippen LogP contribution in [0, 0.1) is 6.92 Å². The lowest BCUT2D eigenvalue weighted by molar-refractivity contribution is -0.127. The minimum Gasteiger partial charge on any atom is -0.368 e. The fraction of sp³-hybridized carbons (Fsp3) is 0.200. The first-order chi connectivity index (χ1) is 13.0. The van der Waals surface area contributed by atoms with Crippen LogP contribution in [0.15, 0.2) is 59.4 Å². The molecule has 3 aromatic rings. The van der Waals surface area contributed by atoms with Crippen molar-refractivity contribution in [3.05, 3.63) is 76.2 Å². The van der Waals surface area contributed by atoms with E-state index >= 15 is 0 Å². The second kappa shape index (κ2) is 7.82. The molecule has 2 aromatic carbocycles. The summed E-state index contributed by atoms with van der Waals surface area (Å²) >= 11 is 0. The molecule has 1 heterocycles. The highest BCUT2D eigenvalue weighted by Crippen LogP contribution is 2.10. The largest absolute Gasteiger partial charge is 0.368 e. The molecule has 3 rings (SSSR count). The Kier molecular flexibility index (Phi) is 5.30. The van der Waals surface area contributed by atoms with E-state index < -0.39 is 17.9 Å². The zero-order valence-corrected chi connectivity index (χ0v) is 14.9. The van der Waals surface area contributed by atoms with Gasteiger partial charge in [0.2, 0.25) is 11.8 Å². The van der Waals surface area contributed by atoms with Gasteiger partial charge in [0.1, 0.15) is 18.3 Å². The Morgan fingerprint density at radius 1 is 1.11 bits per heavy atom. The van der Waals surface area contributed by atoms with Crippen LogP contribution in [0.25, 0.3) is 11.0 Å². The van der Waals surface area contributed by atoms with Crippen LogP contribution in [0.2, 0.25) is 0 Å². The molecule has 0 aliphatic carbocycles. The molecule has 0 bridgehead atoms. The quantitative estimate of drug-likeness (QED) is 0.678. The van der Waals surface area contributed by atoms with E-state index in [9.17, 15) is 14.4 Å². The predicted octanol–water partition coefficient (Wildman–Crippen LogP) is 0.918. The fourth-order valence-corrected chi connectivity index (χ4v) is 2.93. The molecule has 0 aliphatic rings. The van der Waals surface area contributed by atoms with Crippen LogP contribution in [-0.2, 0) is 22.6 Å². The predicted molar refractivity (Wildman–Crippen MR) is 102 cm³/mol. The number of carbonyl (C=O) groups is 2. The Labute approximate surface area is 155 Å². The average Bonchev–Trinajstić information content (AvgIpc) is 2.65. The van der Waals surface area contributed by atoms with Gasteiger partial charge < -0.3 is 11.1 Å². The van der Waals surface area contributed by atoms with Crippen LogP contribution < -0.4 is 16.6 Å². The summed E-state index contributed by atoms with van der Waals surface area (Å²) in [6.45, 7) is 1.38. The average molecular weight is 364 g/mol. The van der Waals surface area contributed by atoms with Crippen molar-refractivity contribution in [3.63, 3.8) is 0 Å². The zero-order valence-electron chi connectivity index (χ0n) is 14.9. The molecule has 0 saturated carbocycles. The standard InChI is InChI=1S/C20H20N4O3/c1-13-20(27)24(17-10-6-5-9-15(17)22-13)12-18(25)23-16(19(21)26)11-14-7-3-2-4-8-14/h2-10,16H,11-12H2,1H3,(H2,21,26)(H,23,25)/t16-/m1/s1. The van der Waals surface area contributed by atoms with E-state index in [4.69, 9.17) is 5.73 Å². The Morgan fingerprint density at radius 3 is 2.48 bits per heavy atom. The van der Waals surface area contributed by atoms with E-state index in [-0.39, 0.29) is 18.5 Å². The first-order valence-corrected chi connectivity index (χ1v) is 8.54. The van der Waals surface area contributed by atoms with Gasteiger partial charge in [-0.15, -0.1) is 0 Å². The number of primary amides is 1. The van der Waals surface area contributed by atoms with Gasteiger partial charge in [-0.3, -0.25) is 19.0 Å². The smallest absolute Gasteiger partial charge is 0.272 e. The Morgan fingerprint density at radius 2 is 1.78 bits per heavy atom. The third-order valence-corrected chi connectivity index (χ3v) is 4.28. The van der Waals surface area contributed by atoms with Crippen LogP contribution in [0.5, 0.6) is 0 Å². The Hall–Kier alpha value is -3.48. The molecular weight excluding hydrogens is 344 g/mol. The van der Waals surface area contributed by atoms with Gasteiger partial charge in [-0.25, -0.2) is 4.98 Å². The summed E-state index contributed by atoms with van der Waals surface area (Å²) < 4.78 is 1.35. The van der Waals surface area contributed by atoms with E-state index in [2.05, 4.69) is 10.3 Å². The number of hydrogen-bond acceptors (Lipinski definition) is 4. The lowest BCUT2D eigenvalue weighted by Gasteiger charge is -2.17. The van der Waals surface area contributed by atoms with Gasteiger partial charge in [-0.05, 0) is 24.6 Å². The summed E-state index contributed by atoms with van der Waals surface area (Å²) in [5.41, 5.74) is 7.46. The van der Waals surface area contributed by atoms with Crippen molar-refractivity contribution >= 4 is 22.8 Å². The van der Waals surface area contributed by atoms with E-state index in [1.54, 1.807) is 25.1 Å². The molecule has 0 radical (unpaired) electrons. The molecular formula is C20H20N4O3. The highest BCUT2D eigenvalue weighted by Gasteiger charge is 2.20. The van der Waals surface area contributed by atoms with Crippen LogP contribution in [0.3, 0.4) is 0 Å². The van der Waals surface area contributed by atoms with E-state index in [0.717, 1.165) is 5.56 Å². The molecule has 0 saturated heterocycles. The van der Waals surface area contributed by atoms with Crippen molar-refractivity contribution in [2.75, 3.05) is 0 Å². The Bertz CT molecular complexity index is 1040. The maximum absolute atomic E-state index is 12.5. The lowest BCUT2D eigenvalue weighted by atomic mass is 10.1. The van der Waals surface area contributed by atoms with Gasteiger partial charge in [0.05, 0.1) is 11.0 Å². The van der Waals surface area contributed by atoms with Crippen molar-refractivity contribution in [3.8, 4) is 0 Å². The van der Waals surface area contributed by atoms with Gasteiger partial charge in [0.25, 0.3) is 5.56 Å². The van der Waals surface area contributed by atoms with Crippen molar-refractivity contribution in [1.82, 2.24) is 14.9 Å².